The van der Waals surface area contributed by atoms with E-state index in [0.717, 1.165) is 33.6 Å². The van der Waals surface area contributed by atoms with Crippen LogP contribution in [0.15, 0.2) is 145 Å². The number of rotatable bonds is 14. The highest BCUT2D eigenvalue weighted by Crippen LogP contribution is 2.39. The van der Waals surface area contributed by atoms with Gasteiger partial charge in [-0.1, -0.05) is 127 Å². The van der Waals surface area contributed by atoms with Gasteiger partial charge >= 0.3 is 18.0 Å². The zero-order valence-corrected chi connectivity index (χ0v) is 31.9. The van der Waals surface area contributed by atoms with Crippen LogP contribution in [0.2, 0.25) is 0 Å². The van der Waals surface area contributed by atoms with Crippen LogP contribution in [0.4, 0.5) is 9.93 Å². The predicted octanol–water partition coefficient (Wildman–Crippen LogP) is 7.03. The molecule has 1 aromatic heterocycles. The molecule has 5 aromatic rings. The van der Waals surface area contributed by atoms with E-state index in [1.54, 1.807) is 11.5 Å². The molecule has 3 amide bonds. The van der Waals surface area contributed by atoms with Gasteiger partial charge in [0, 0.05) is 11.1 Å². The fourth-order valence-electron chi connectivity index (χ4n) is 6.10. The topological polar surface area (TPSA) is 153 Å². The number of fused-ring (bicyclic) bond motifs is 1. The molecular weight excluding hydrogens is 765 g/mol. The Hall–Kier alpha value is -6.51. The maximum absolute atomic E-state index is 14.0. The van der Waals surface area contributed by atoms with Crippen molar-refractivity contribution in [2.75, 3.05) is 11.1 Å². The van der Waals surface area contributed by atoms with E-state index in [4.69, 9.17) is 14.2 Å². The lowest BCUT2D eigenvalue weighted by Crippen LogP contribution is -2.70. The number of carbonyl (C=O) groups is 5. The van der Waals surface area contributed by atoms with Crippen LogP contribution in [-0.2, 0) is 46.6 Å². The van der Waals surface area contributed by atoms with Crippen molar-refractivity contribution in [1.82, 2.24) is 15.2 Å². The number of β-lactam (4-membered cyclic amide) rings is 1. The molecule has 7 rings (SSSR count). The van der Waals surface area contributed by atoms with Gasteiger partial charge in [0.25, 0.3) is 11.8 Å². The molecular formula is C43H36N4O8S2. The van der Waals surface area contributed by atoms with Crippen molar-refractivity contribution in [3.05, 3.63) is 173 Å². The van der Waals surface area contributed by atoms with E-state index in [0.29, 0.717) is 5.75 Å². The first-order valence-corrected chi connectivity index (χ1v) is 19.9. The van der Waals surface area contributed by atoms with E-state index in [1.165, 1.54) is 22.7 Å². The fourth-order valence-corrected chi connectivity index (χ4v) is 7.99. The number of hydrogen-bond donors (Lipinski definition) is 2. The number of nitrogens with zero attached hydrogens (tertiary/aromatic N) is 2. The Morgan fingerprint density at radius 3 is 2.00 bits per heavy atom. The van der Waals surface area contributed by atoms with E-state index >= 15 is 0 Å². The zero-order chi connectivity index (χ0) is 39.6. The number of nitrogens with one attached hydrogen (secondary N) is 2. The monoisotopic (exact) mass is 800 g/mol. The molecule has 1 fully saturated rings. The van der Waals surface area contributed by atoms with Crippen molar-refractivity contribution in [2.24, 2.45) is 0 Å². The van der Waals surface area contributed by atoms with Crippen molar-refractivity contribution >= 4 is 63.6 Å². The maximum atomic E-state index is 14.0. The summed E-state index contributed by atoms with van der Waals surface area (Å²) in [5.74, 6) is -2.04. The quantitative estimate of drug-likeness (QED) is 0.0519. The maximum Gasteiger partial charge on any atom is 0.413 e. The predicted molar refractivity (Wildman–Crippen MR) is 215 cm³/mol. The Labute approximate surface area is 336 Å². The molecule has 0 saturated carbocycles. The van der Waals surface area contributed by atoms with Gasteiger partial charge < -0.3 is 19.5 Å². The highest BCUT2D eigenvalue weighted by atomic mass is 32.2. The lowest BCUT2D eigenvalue weighted by atomic mass is 10.0. The zero-order valence-electron chi connectivity index (χ0n) is 30.3. The summed E-state index contributed by atoms with van der Waals surface area (Å²) in [5, 5.41) is 6.46. The first-order valence-electron chi connectivity index (χ1n) is 17.9. The molecule has 2 aliphatic rings. The molecule has 0 spiro atoms. The summed E-state index contributed by atoms with van der Waals surface area (Å²) in [6.45, 7) is 0.0936. The van der Waals surface area contributed by atoms with Gasteiger partial charge in [-0.05, 0) is 28.3 Å². The second-order valence-electron chi connectivity index (χ2n) is 12.8. The van der Waals surface area contributed by atoms with E-state index in [-0.39, 0.29) is 41.7 Å². The van der Waals surface area contributed by atoms with Crippen LogP contribution in [0, 0.1) is 0 Å². The Morgan fingerprint density at radius 1 is 0.807 bits per heavy atom. The lowest BCUT2D eigenvalue weighted by molar-refractivity contribution is -0.154. The third-order valence-electron chi connectivity index (χ3n) is 8.93. The van der Waals surface area contributed by atoms with Crippen LogP contribution >= 0.6 is 23.1 Å². The Kier molecular flexibility index (Phi) is 12.5. The van der Waals surface area contributed by atoms with Crippen molar-refractivity contribution in [3.63, 3.8) is 0 Å². The Morgan fingerprint density at radius 2 is 1.39 bits per heavy atom. The van der Waals surface area contributed by atoms with E-state index < -0.39 is 47.4 Å². The second-order valence-corrected chi connectivity index (χ2v) is 14.8. The van der Waals surface area contributed by atoms with Crippen molar-refractivity contribution in [1.29, 1.82) is 0 Å². The largest absolute Gasteiger partial charge is 0.461 e. The lowest BCUT2D eigenvalue weighted by Gasteiger charge is -2.48. The summed E-state index contributed by atoms with van der Waals surface area (Å²) in [5.41, 5.74) is 3.38. The van der Waals surface area contributed by atoms with Crippen LogP contribution < -0.4 is 10.6 Å². The number of carbonyl (C=O) groups excluding carboxylic acids is 5. The molecule has 1 saturated heterocycles. The minimum atomic E-state index is -0.990. The minimum Gasteiger partial charge on any atom is -0.461 e. The molecule has 57 heavy (non-hydrogen) atoms. The molecule has 14 heteroatoms. The number of hydrogen-bond acceptors (Lipinski definition) is 11. The Bertz CT molecular complexity index is 2250. The third-order valence-corrected chi connectivity index (χ3v) is 10.9. The summed E-state index contributed by atoms with van der Waals surface area (Å²) < 4.78 is 16.8. The van der Waals surface area contributed by atoms with E-state index in [9.17, 15) is 24.0 Å². The molecule has 3 heterocycles. The SMILES string of the molecule is O=C(CC=C(C(=O)N[C@@H]1C(=O)N2C(C(=O)OC(c3ccccc3)c3ccccc3)=CCS[C@H]12)c1csc(NC(=O)OCc2ccccc2)n1)OCc1ccccc1. The summed E-state index contributed by atoms with van der Waals surface area (Å²) in [6.07, 6.45) is 1.29. The van der Waals surface area contributed by atoms with Crippen LogP contribution in [0.5, 0.6) is 0 Å². The summed E-state index contributed by atoms with van der Waals surface area (Å²) in [4.78, 5) is 72.5. The first-order chi connectivity index (χ1) is 27.8. The van der Waals surface area contributed by atoms with E-state index in [2.05, 4.69) is 15.6 Å². The van der Waals surface area contributed by atoms with Crippen molar-refractivity contribution in [2.45, 2.75) is 37.2 Å². The van der Waals surface area contributed by atoms with Crippen molar-refractivity contribution < 1.29 is 38.2 Å². The number of benzene rings is 4. The molecule has 4 aromatic carbocycles. The van der Waals surface area contributed by atoms with Gasteiger partial charge in [0.05, 0.1) is 17.7 Å². The van der Waals surface area contributed by atoms with E-state index in [1.807, 2.05) is 121 Å². The molecule has 0 bridgehead atoms. The molecule has 12 nitrogen and oxygen atoms in total. The smallest absolute Gasteiger partial charge is 0.413 e. The molecule has 2 aliphatic heterocycles. The average molecular weight is 801 g/mol. The number of thiazole rings is 1. The number of thioether (sulfide) groups is 1. The minimum absolute atomic E-state index is 0.00980. The van der Waals surface area contributed by atoms with Crippen LogP contribution in [0.1, 0.15) is 40.5 Å². The van der Waals surface area contributed by atoms with Gasteiger partial charge in [0.1, 0.15) is 30.3 Å². The number of esters is 2. The normalized spacial score (nSPS) is 16.1. The molecule has 0 aliphatic carbocycles. The standard InChI is InChI=1S/C43H36N4O8S2/c48-35(53-25-28-13-5-1-6-14-28)22-21-32(33-27-57-42(44-33)46-43(52)54-26-29-15-7-2-8-16-29)38(49)45-36-39(50)47-34(23-24-56-40(36)47)41(51)55-37(30-17-9-3-10-18-30)31-19-11-4-12-20-31/h1-21,23,27,36-37,40H,22,24-26H2,(H,45,49)(H,44,46,52)/t36-,40-/m1/s1. The summed E-state index contributed by atoms with van der Waals surface area (Å²) in [6, 6.07) is 36.0. The van der Waals surface area contributed by atoms with Gasteiger partial charge in [-0.2, -0.15) is 0 Å². The highest BCUT2D eigenvalue weighted by Gasteiger charge is 2.53. The first kappa shape index (κ1) is 38.8. The van der Waals surface area contributed by atoms with Crippen LogP contribution in [-0.4, -0.2) is 56.9 Å². The fraction of sp³-hybridized carbons (Fsp3) is 0.163. The van der Waals surface area contributed by atoms with Gasteiger partial charge in [-0.15, -0.1) is 23.1 Å². The number of ether oxygens (including phenoxy) is 3. The van der Waals surface area contributed by atoms with Gasteiger partial charge in [-0.25, -0.2) is 14.6 Å². The third kappa shape index (κ3) is 9.66. The summed E-state index contributed by atoms with van der Waals surface area (Å²) in [7, 11) is 0. The van der Waals surface area contributed by atoms with Gasteiger partial charge in [-0.3, -0.25) is 24.6 Å². The van der Waals surface area contributed by atoms with Gasteiger partial charge in [0.15, 0.2) is 11.2 Å². The summed E-state index contributed by atoms with van der Waals surface area (Å²) >= 11 is 2.43. The molecule has 2 atom stereocenters. The highest BCUT2D eigenvalue weighted by molar-refractivity contribution is 8.00. The molecule has 288 valence electrons. The number of amides is 3. The number of anilines is 1. The van der Waals surface area contributed by atoms with Crippen LogP contribution in [0.3, 0.4) is 0 Å². The molecule has 0 unspecified atom stereocenters. The van der Waals surface area contributed by atoms with Gasteiger partial charge in [0.2, 0.25) is 0 Å². The van der Waals surface area contributed by atoms with Crippen LogP contribution in [0.25, 0.3) is 5.57 Å². The number of aromatic nitrogens is 1. The second kappa shape index (κ2) is 18.4. The molecule has 2 N–H and O–H groups in total. The average Bonchev–Trinajstić information content (AvgIpc) is 3.71. The molecule has 0 radical (unpaired) electrons. The Balaban J connectivity index is 1.04. The van der Waals surface area contributed by atoms with Crippen molar-refractivity contribution in [3.8, 4) is 0 Å².